The number of furan rings is 1. The quantitative estimate of drug-likeness (QED) is 0.756. The lowest BCUT2D eigenvalue weighted by Gasteiger charge is -2.17. The molecule has 2 heterocycles. The van der Waals surface area contributed by atoms with Gasteiger partial charge in [-0.25, -0.2) is 0 Å². The summed E-state index contributed by atoms with van der Waals surface area (Å²) in [7, 11) is 0. The summed E-state index contributed by atoms with van der Waals surface area (Å²) in [4.78, 5) is 0. The van der Waals surface area contributed by atoms with Crippen molar-refractivity contribution in [2.45, 2.75) is 32.9 Å². The van der Waals surface area contributed by atoms with Crippen LogP contribution in [0, 0.1) is 6.92 Å². The minimum absolute atomic E-state index is 0.523. The standard InChI is InChI=1S/C13H19N3O2/c1-9-4-5-11(18-9)12-10(7-15-16-12)6-14-8-13(2,3)17/h4-5,7,14,17H,6,8H2,1-3H3,(H,15,16). The van der Waals surface area contributed by atoms with Gasteiger partial charge in [0.2, 0.25) is 0 Å². The highest BCUT2D eigenvalue weighted by molar-refractivity contribution is 5.56. The fourth-order valence-corrected chi connectivity index (χ4v) is 1.73. The Morgan fingerprint density at radius 3 is 2.83 bits per heavy atom. The zero-order chi connectivity index (χ0) is 13.2. The Morgan fingerprint density at radius 1 is 1.44 bits per heavy atom. The molecule has 0 aromatic carbocycles. The molecule has 0 saturated carbocycles. The molecule has 0 amide bonds. The molecule has 0 spiro atoms. The van der Waals surface area contributed by atoms with Crippen molar-refractivity contribution in [1.29, 1.82) is 0 Å². The first-order valence-corrected chi connectivity index (χ1v) is 5.98. The largest absolute Gasteiger partial charge is 0.460 e. The normalized spacial score (nSPS) is 12.0. The van der Waals surface area contributed by atoms with Crippen LogP contribution < -0.4 is 5.32 Å². The van der Waals surface area contributed by atoms with Crippen LogP contribution in [0.4, 0.5) is 0 Å². The molecule has 5 nitrogen and oxygen atoms in total. The second kappa shape index (κ2) is 4.96. The maximum atomic E-state index is 9.63. The Balaban J connectivity index is 2.04. The summed E-state index contributed by atoms with van der Waals surface area (Å²) in [6.45, 7) is 6.61. The van der Waals surface area contributed by atoms with Crippen LogP contribution in [0.3, 0.4) is 0 Å². The van der Waals surface area contributed by atoms with E-state index in [1.165, 1.54) is 0 Å². The maximum absolute atomic E-state index is 9.63. The van der Waals surface area contributed by atoms with Crippen LogP contribution in [-0.4, -0.2) is 27.4 Å². The molecule has 0 aliphatic rings. The van der Waals surface area contributed by atoms with Crippen molar-refractivity contribution < 1.29 is 9.52 Å². The third-order valence-electron chi connectivity index (χ3n) is 2.58. The molecule has 0 unspecified atom stereocenters. The Morgan fingerprint density at radius 2 is 2.22 bits per heavy atom. The highest BCUT2D eigenvalue weighted by Gasteiger charge is 2.14. The number of nitrogens with one attached hydrogen (secondary N) is 2. The fraction of sp³-hybridized carbons (Fsp3) is 0.462. The molecule has 5 heteroatoms. The molecule has 2 aromatic heterocycles. The number of aliphatic hydroxyl groups is 1. The van der Waals surface area contributed by atoms with E-state index in [1.807, 2.05) is 19.1 Å². The Hall–Kier alpha value is -1.59. The molecule has 2 aromatic rings. The van der Waals surface area contributed by atoms with Crippen LogP contribution in [0.1, 0.15) is 25.2 Å². The second-order valence-electron chi connectivity index (χ2n) is 5.10. The molecule has 0 saturated heterocycles. The highest BCUT2D eigenvalue weighted by Crippen LogP contribution is 2.23. The van der Waals surface area contributed by atoms with E-state index in [1.54, 1.807) is 20.0 Å². The molecule has 0 radical (unpaired) electrons. The average molecular weight is 249 g/mol. The van der Waals surface area contributed by atoms with Gasteiger partial charge in [-0.3, -0.25) is 5.10 Å². The SMILES string of the molecule is Cc1ccc(-c2[nH]ncc2CNCC(C)(C)O)o1. The van der Waals surface area contributed by atoms with E-state index in [0.717, 1.165) is 22.8 Å². The molecule has 98 valence electrons. The number of aromatic amines is 1. The average Bonchev–Trinajstić information content (AvgIpc) is 2.84. The molecule has 0 aliphatic heterocycles. The molecular formula is C13H19N3O2. The van der Waals surface area contributed by atoms with Crippen molar-refractivity contribution in [1.82, 2.24) is 15.5 Å². The number of aromatic nitrogens is 2. The first-order valence-electron chi connectivity index (χ1n) is 5.98. The van der Waals surface area contributed by atoms with Gasteiger partial charge in [0.05, 0.1) is 11.8 Å². The van der Waals surface area contributed by atoms with Gasteiger partial charge in [0.1, 0.15) is 11.5 Å². The van der Waals surface area contributed by atoms with Crippen molar-refractivity contribution >= 4 is 0 Å². The summed E-state index contributed by atoms with van der Waals surface area (Å²) in [6.07, 6.45) is 1.77. The third kappa shape index (κ3) is 3.21. The Bertz CT molecular complexity index is 508. The van der Waals surface area contributed by atoms with Gasteiger partial charge in [0.25, 0.3) is 0 Å². The number of hydrogen-bond donors (Lipinski definition) is 3. The van der Waals surface area contributed by atoms with Gasteiger partial charge in [0.15, 0.2) is 5.76 Å². The predicted octanol–water partition coefficient (Wildman–Crippen LogP) is 1.84. The minimum Gasteiger partial charge on any atom is -0.460 e. The molecule has 2 rings (SSSR count). The maximum Gasteiger partial charge on any atom is 0.152 e. The van der Waals surface area contributed by atoms with Gasteiger partial charge < -0.3 is 14.8 Å². The van der Waals surface area contributed by atoms with E-state index in [9.17, 15) is 5.11 Å². The van der Waals surface area contributed by atoms with E-state index in [2.05, 4.69) is 15.5 Å². The van der Waals surface area contributed by atoms with Crippen molar-refractivity contribution in [3.63, 3.8) is 0 Å². The summed E-state index contributed by atoms with van der Waals surface area (Å²) in [5, 5.41) is 19.8. The van der Waals surface area contributed by atoms with Crippen molar-refractivity contribution in [2.24, 2.45) is 0 Å². The molecule has 0 atom stereocenters. The molecule has 0 aliphatic carbocycles. The van der Waals surface area contributed by atoms with Gasteiger partial charge in [0, 0.05) is 18.7 Å². The lowest BCUT2D eigenvalue weighted by Crippen LogP contribution is -2.34. The van der Waals surface area contributed by atoms with Gasteiger partial charge in [-0.1, -0.05) is 0 Å². The van der Waals surface area contributed by atoms with Crippen LogP contribution in [0.2, 0.25) is 0 Å². The van der Waals surface area contributed by atoms with Crippen LogP contribution in [-0.2, 0) is 6.54 Å². The van der Waals surface area contributed by atoms with E-state index in [-0.39, 0.29) is 0 Å². The van der Waals surface area contributed by atoms with Crippen LogP contribution >= 0.6 is 0 Å². The summed E-state index contributed by atoms with van der Waals surface area (Å²) >= 11 is 0. The Labute approximate surface area is 106 Å². The summed E-state index contributed by atoms with van der Waals surface area (Å²) in [6, 6.07) is 3.84. The lowest BCUT2D eigenvalue weighted by molar-refractivity contribution is 0.0795. The topological polar surface area (TPSA) is 74.1 Å². The lowest BCUT2D eigenvalue weighted by atomic mass is 10.1. The predicted molar refractivity (Wildman–Crippen MR) is 69.0 cm³/mol. The third-order valence-corrected chi connectivity index (χ3v) is 2.58. The van der Waals surface area contributed by atoms with Gasteiger partial charge >= 0.3 is 0 Å². The van der Waals surface area contributed by atoms with E-state index in [4.69, 9.17) is 4.42 Å². The summed E-state index contributed by atoms with van der Waals surface area (Å²) < 4.78 is 5.57. The molecule has 0 fully saturated rings. The second-order valence-corrected chi connectivity index (χ2v) is 5.10. The first-order chi connectivity index (χ1) is 8.46. The molecule has 0 bridgehead atoms. The highest BCUT2D eigenvalue weighted by atomic mass is 16.3. The number of hydrogen-bond acceptors (Lipinski definition) is 4. The van der Waals surface area contributed by atoms with Crippen molar-refractivity contribution in [3.05, 3.63) is 29.7 Å². The molecular weight excluding hydrogens is 230 g/mol. The van der Waals surface area contributed by atoms with Gasteiger partial charge in [-0.2, -0.15) is 5.10 Å². The minimum atomic E-state index is -0.717. The van der Waals surface area contributed by atoms with Crippen LogP contribution in [0.15, 0.2) is 22.7 Å². The monoisotopic (exact) mass is 249 g/mol. The number of nitrogens with zero attached hydrogens (tertiary/aromatic N) is 1. The van der Waals surface area contributed by atoms with Crippen molar-refractivity contribution in [3.8, 4) is 11.5 Å². The van der Waals surface area contributed by atoms with E-state index in [0.29, 0.717) is 13.1 Å². The van der Waals surface area contributed by atoms with Crippen molar-refractivity contribution in [2.75, 3.05) is 6.54 Å². The number of aryl methyl sites for hydroxylation is 1. The number of H-pyrrole nitrogens is 1. The molecule has 18 heavy (non-hydrogen) atoms. The van der Waals surface area contributed by atoms with Crippen LogP contribution in [0.5, 0.6) is 0 Å². The number of rotatable bonds is 5. The van der Waals surface area contributed by atoms with E-state index < -0.39 is 5.60 Å². The zero-order valence-corrected chi connectivity index (χ0v) is 10.9. The van der Waals surface area contributed by atoms with Gasteiger partial charge in [-0.15, -0.1) is 0 Å². The van der Waals surface area contributed by atoms with Gasteiger partial charge in [-0.05, 0) is 32.9 Å². The first kappa shape index (κ1) is 12.9. The van der Waals surface area contributed by atoms with E-state index >= 15 is 0 Å². The Kier molecular flexibility index (Phi) is 3.54. The summed E-state index contributed by atoms with van der Waals surface area (Å²) in [5.74, 6) is 1.65. The molecule has 3 N–H and O–H groups in total. The fourth-order valence-electron chi connectivity index (χ4n) is 1.73. The van der Waals surface area contributed by atoms with Crippen LogP contribution in [0.25, 0.3) is 11.5 Å². The summed E-state index contributed by atoms with van der Waals surface area (Å²) in [5.41, 5.74) is 1.19. The zero-order valence-electron chi connectivity index (χ0n) is 10.9. The smallest absolute Gasteiger partial charge is 0.152 e.